The van der Waals surface area contributed by atoms with Crippen molar-refractivity contribution in [2.75, 3.05) is 6.61 Å². The molecule has 0 unspecified atom stereocenters. The molecule has 0 aliphatic carbocycles. The Morgan fingerprint density at radius 1 is 1.47 bits per heavy atom. The molecule has 4 heteroatoms. The van der Waals surface area contributed by atoms with Crippen molar-refractivity contribution in [2.24, 2.45) is 0 Å². The molecule has 2 nitrogen and oxygen atoms in total. The largest absolute Gasteiger partial charge is 0.477 e. The molecule has 15 heavy (non-hydrogen) atoms. The van der Waals surface area contributed by atoms with Crippen LogP contribution in [-0.2, 0) is 0 Å². The van der Waals surface area contributed by atoms with Gasteiger partial charge in [-0.15, -0.1) is 0 Å². The first kappa shape index (κ1) is 10.7. The average Bonchev–Trinajstić information content (AvgIpc) is 2.62. The number of ether oxygens (including phenoxy) is 1. The second-order valence-corrected chi connectivity index (χ2v) is 4.57. The van der Waals surface area contributed by atoms with E-state index in [0.717, 1.165) is 34.6 Å². The van der Waals surface area contributed by atoms with E-state index in [4.69, 9.17) is 16.3 Å². The quantitative estimate of drug-likeness (QED) is 0.751. The molecular formula is C11H12ClNOS. The lowest BCUT2D eigenvalue weighted by atomic mass is 10.3. The molecule has 0 radical (unpaired) electrons. The van der Waals surface area contributed by atoms with Crippen molar-refractivity contribution in [2.45, 2.75) is 19.8 Å². The Labute approximate surface area is 98.0 Å². The minimum absolute atomic E-state index is 0.714. The van der Waals surface area contributed by atoms with Gasteiger partial charge < -0.3 is 4.74 Å². The minimum Gasteiger partial charge on any atom is -0.477 e. The molecule has 0 saturated carbocycles. The summed E-state index contributed by atoms with van der Waals surface area (Å²) < 4.78 is 11.0. The van der Waals surface area contributed by atoms with Crippen LogP contribution in [0.25, 0.3) is 10.1 Å². The molecule has 1 heterocycles. The monoisotopic (exact) mass is 241 g/mol. The SMILES string of the molecule is CCCCOc1nsc2ccc(Cl)cc12. The van der Waals surface area contributed by atoms with Crippen LogP contribution in [-0.4, -0.2) is 11.0 Å². The van der Waals surface area contributed by atoms with Crippen LogP contribution in [0.5, 0.6) is 5.88 Å². The molecule has 1 aromatic carbocycles. The summed E-state index contributed by atoms with van der Waals surface area (Å²) in [5.41, 5.74) is 0. The van der Waals surface area contributed by atoms with Gasteiger partial charge in [0, 0.05) is 5.02 Å². The highest BCUT2D eigenvalue weighted by atomic mass is 35.5. The zero-order valence-corrected chi connectivity index (χ0v) is 10.1. The second-order valence-electron chi connectivity index (χ2n) is 3.33. The molecule has 0 aliphatic rings. The third kappa shape index (κ3) is 2.41. The molecule has 2 rings (SSSR count). The topological polar surface area (TPSA) is 22.1 Å². The Hall–Kier alpha value is -0.800. The Bertz CT molecular complexity index is 455. The van der Waals surface area contributed by atoms with Crippen LogP contribution < -0.4 is 4.74 Å². The molecule has 0 fully saturated rings. The van der Waals surface area contributed by atoms with E-state index >= 15 is 0 Å². The number of fused-ring (bicyclic) bond motifs is 1. The molecule has 0 atom stereocenters. The summed E-state index contributed by atoms with van der Waals surface area (Å²) in [7, 11) is 0. The highest BCUT2D eigenvalue weighted by Gasteiger charge is 2.07. The highest BCUT2D eigenvalue weighted by Crippen LogP contribution is 2.30. The number of hydrogen-bond acceptors (Lipinski definition) is 3. The third-order valence-electron chi connectivity index (χ3n) is 2.14. The number of hydrogen-bond donors (Lipinski definition) is 0. The fourth-order valence-corrected chi connectivity index (χ4v) is 2.18. The van der Waals surface area contributed by atoms with Gasteiger partial charge in [0.2, 0.25) is 5.88 Å². The summed E-state index contributed by atoms with van der Waals surface area (Å²) >= 11 is 7.38. The molecule has 0 N–H and O–H groups in total. The lowest BCUT2D eigenvalue weighted by Crippen LogP contribution is -1.96. The van der Waals surface area contributed by atoms with Crippen LogP contribution in [0.1, 0.15) is 19.8 Å². The lowest BCUT2D eigenvalue weighted by molar-refractivity contribution is 0.304. The van der Waals surface area contributed by atoms with Gasteiger partial charge in [-0.3, -0.25) is 0 Å². The lowest BCUT2D eigenvalue weighted by Gasteiger charge is -2.01. The van der Waals surface area contributed by atoms with E-state index in [1.54, 1.807) is 0 Å². The van der Waals surface area contributed by atoms with Crippen molar-refractivity contribution in [1.29, 1.82) is 0 Å². The van der Waals surface area contributed by atoms with Gasteiger partial charge in [0.1, 0.15) is 0 Å². The maximum atomic E-state index is 5.93. The third-order valence-corrected chi connectivity index (χ3v) is 3.18. The zero-order chi connectivity index (χ0) is 10.7. The summed E-state index contributed by atoms with van der Waals surface area (Å²) in [6.07, 6.45) is 2.18. The van der Waals surface area contributed by atoms with Crippen molar-refractivity contribution in [3.63, 3.8) is 0 Å². The number of unbranched alkanes of at least 4 members (excludes halogenated alkanes) is 1. The Balaban J connectivity index is 2.23. The number of nitrogens with zero attached hydrogens (tertiary/aromatic N) is 1. The average molecular weight is 242 g/mol. The van der Waals surface area contributed by atoms with Gasteiger partial charge in [0.25, 0.3) is 0 Å². The predicted molar refractivity (Wildman–Crippen MR) is 65.0 cm³/mol. The highest BCUT2D eigenvalue weighted by molar-refractivity contribution is 7.13. The molecule has 1 aromatic heterocycles. The number of aromatic nitrogens is 1. The molecule has 0 amide bonds. The van der Waals surface area contributed by atoms with E-state index in [1.165, 1.54) is 11.5 Å². The Morgan fingerprint density at radius 3 is 3.13 bits per heavy atom. The van der Waals surface area contributed by atoms with Gasteiger partial charge in [0.05, 0.1) is 16.7 Å². The molecule has 0 aliphatic heterocycles. The molecule has 0 bridgehead atoms. The van der Waals surface area contributed by atoms with Crippen LogP contribution in [0.4, 0.5) is 0 Å². The maximum Gasteiger partial charge on any atom is 0.233 e. The van der Waals surface area contributed by atoms with Crippen molar-refractivity contribution >= 4 is 33.2 Å². The van der Waals surface area contributed by atoms with Crippen LogP contribution in [0, 0.1) is 0 Å². The minimum atomic E-state index is 0.714. The van der Waals surface area contributed by atoms with E-state index in [1.807, 2.05) is 18.2 Å². The molecule has 80 valence electrons. The van der Waals surface area contributed by atoms with Crippen molar-refractivity contribution < 1.29 is 4.74 Å². The van der Waals surface area contributed by atoms with Crippen molar-refractivity contribution in [3.8, 4) is 5.88 Å². The zero-order valence-electron chi connectivity index (χ0n) is 8.50. The first-order valence-electron chi connectivity index (χ1n) is 4.99. The Kier molecular flexibility index (Phi) is 3.44. The molecule has 0 saturated heterocycles. The van der Waals surface area contributed by atoms with Gasteiger partial charge in [-0.25, -0.2) is 0 Å². The van der Waals surface area contributed by atoms with Gasteiger partial charge >= 0.3 is 0 Å². The number of rotatable bonds is 4. The predicted octanol–water partition coefficient (Wildman–Crippen LogP) is 4.13. The summed E-state index contributed by atoms with van der Waals surface area (Å²) in [6.45, 7) is 2.86. The van der Waals surface area contributed by atoms with Gasteiger partial charge in [-0.2, -0.15) is 4.37 Å². The van der Waals surface area contributed by atoms with E-state index < -0.39 is 0 Å². The summed E-state index contributed by atoms with van der Waals surface area (Å²) in [5.74, 6) is 0.714. The van der Waals surface area contributed by atoms with E-state index in [0.29, 0.717) is 5.88 Å². The summed E-state index contributed by atoms with van der Waals surface area (Å²) in [4.78, 5) is 0. The summed E-state index contributed by atoms with van der Waals surface area (Å²) in [6, 6.07) is 5.75. The van der Waals surface area contributed by atoms with Crippen LogP contribution >= 0.6 is 23.1 Å². The Morgan fingerprint density at radius 2 is 2.33 bits per heavy atom. The summed E-state index contributed by atoms with van der Waals surface area (Å²) in [5, 5.41) is 1.74. The van der Waals surface area contributed by atoms with Crippen LogP contribution in [0.15, 0.2) is 18.2 Å². The fraction of sp³-hybridized carbons (Fsp3) is 0.364. The maximum absolute atomic E-state index is 5.93. The van der Waals surface area contributed by atoms with Crippen molar-refractivity contribution in [1.82, 2.24) is 4.37 Å². The van der Waals surface area contributed by atoms with Gasteiger partial charge in [0.15, 0.2) is 0 Å². The standard InChI is InChI=1S/C11H12ClNOS/c1-2-3-6-14-11-9-7-8(12)4-5-10(9)15-13-11/h4-5,7H,2-3,6H2,1H3. The van der Waals surface area contributed by atoms with Crippen LogP contribution in [0.2, 0.25) is 5.02 Å². The fourth-order valence-electron chi connectivity index (χ4n) is 1.31. The van der Waals surface area contributed by atoms with Crippen molar-refractivity contribution in [3.05, 3.63) is 23.2 Å². The molecular weight excluding hydrogens is 230 g/mol. The number of benzene rings is 1. The van der Waals surface area contributed by atoms with Gasteiger partial charge in [-0.1, -0.05) is 24.9 Å². The molecule has 2 aromatic rings. The normalized spacial score (nSPS) is 10.8. The number of halogens is 1. The first-order valence-corrected chi connectivity index (χ1v) is 6.14. The molecule has 0 spiro atoms. The van der Waals surface area contributed by atoms with E-state index in [9.17, 15) is 0 Å². The van der Waals surface area contributed by atoms with Gasteiger partial charge in [-0.05, 0) is 36.2 Å². The smallest absolute Gasteiger partial charge is 0.233 e. The second kappa shape index (κ2) is 4.81. The first-order chi connectivity index (χ1) is 7.31. The van der Waals surface area contributed by atoms with E-state index in [-0.39, 0.29) is 0 Å². The van der Waals surface area contributed by atoms with E-state index in [2.05, 4.69) is 11.3 Å². The van der Waals surface area contributed by atoms with Crippen LogP contribution in [0.3, 0.4) is 0 Å².